The van der Waals surface area contributed by atoms with Crippen LogP contribution in [0, 0.1) is 11.3 Å². The number of carbonyl (C=O) groups is 2. The van der Waals surface area contributed by atoms with E-state index in [9.17, 15) is 19.8 Å². The van der Waals surface area contributed by atoms with Gasteiger partial charge in [-0.15, -0.1) is 5.10 Å². The number of aliphatic hydroxyl groups is 1. The number of rotatable bonds is 7. The van der Waals surface area contributed by atoms with Crippen molar-refractivity contribution >= 4 is 23.5 Å². The van der Waals surface area contributed by atoms with Crippen molar-refractivity contribution in [1.82, 2.24) is 20.1 Å². The number of carboxylic acid groups (broad SMARTS) is 1. The molecule has 2 atom stereocenters. The standard InChI is InChI=1S/C16H25ClN4O4/c1-10(2)5-7-16(14(24)25)9-21(8-6-11(16)22)13(23)4-3-12-18-15(17)20-19-12/h10-11,22H,3-9H2,1-2H3,(H,24,25)(H,18,19,20)/t11-,16-/m1/s1. The van der Waals surface area contributed by atoms with Gasteiger partial charge in [0.05, 0.1) is 6.10 Å². The van der Waals surface area contributed by atoms with Crippen molar-refractivity contribution in [3.05, 3.63) is 11.1 Å². The van der Waals surface area contributed by atoms with Crippen molar-refractivity contribution in [2.45, 2.75) is 52.1 Å². The number of aromatic nitrogens is 3. The second-order valence-electron chi connectivity index (χ2n) is 7.06. The lowest BCUT2D eigenvalue weighted by Gasteiger charge is -2.43. The zero-order valence-electron chi connectivity index (χ0n) is 14.5. The first-order valence-electron chi connectivity index (χ1n) is 8.50. The van der Waals surface area contributed by atoms with E-state index >= 15 is 0 Å². The smallest absolute Gasteiger partial charge is 0.314 e. The van der Waals surface area contributed by atoms with Crippen LogP contribution in [0.15, 0.2) is 0 Å². The maximum atomic E-state index is 12.5. The second kappa shape index (κ2) is 8.14. The Balaban J connectivity index is 2.03. The van der Waals surface area contributed by atoms with Gasteiger partial charge in [-0.05, 0) is 36.8 Å². The van der Waals surface area contributed by atoms with Gasteiger partial charge in [0, 0.05) is 25.9 Å². The van der Waals surface area contributed by atoms with Crippen molar-refractivity contribution in [2.75, 3.05) is 13.1 Å². The Morgan fingerprint density at radius 3 is 2.76 bits per heavy atom. The van der Waals surface area contributed by atoms with Crippen molar-refractivity contribution in [3.8, 4) is 0 Å². The molecule has 0 aliphatic carbocycles. The minimum atomic E-state index is -1.30. The maximum absolute atomic E-state index is 12.5. The van der Waals surface area contributed by atoms with Crippen molar-refractivity contribution in [2.24, 2.45) is 11.3 Å². The summed E-state index contributed by atoms with van der Waals surface area (Å²) < 4.78 is 0. The molecular weight excluding hydrogens is 348 g/mol. The van der Waals surface area contributed by atoms with E-state index in [1.54, 1.807) is 4.90 Å². The highest BCUT2D eigenvalue weighted by molar-refractivity contribution is 6.28. The molecule has 0 unspecified atom stereocenters. The van der Waals surface area contributed by atoms with Gasteiger partial charge in [0.1, 0.15) is 11.2 Å². The summed E-state index contributed by atoms with van der Waals surface area (Å²) in [5.74, 6) is -0.361. The molecule has 0 spiro atoms. The molecule has 2 heterocycles. The van der Waals surface area contributed by atoms with Crippen LogP contribution in [-0.2, 0) is 16.0 Å². The first kappa shape index (κ1) is 19.7. The second-order valence-corrected chi connectivity index (χ2v) is 7.40. The summed E-state index contributed by atoms with van der Waals surface area (Å²) >= 11 is 5.63. The van der Waals surface area contributed by atoms with Crippen molar-refractivity contribution in [3.63, 3.8) is 0 Å². The molecular formula is C16H25ClN4O4. The van der Waals surface area contributed by atoms with Crippen molar-refractivity contribution < 1.29 is 19.8 Å². The summed E-state index contributed by atoms with van der Waals surface area (Å²) in [6.45, 7) is 4.41. The number of hydrogen-bond donors (Lipinski definition) is 3. The minimum Gasteiger partial charge on any atom is -0.481 e. The fourth-order valence-corrected chi connectivity index (χ4v) is 3.31. The van der Waals surface area contributed by atoms with Gasteiger partial charge in [-0.3, -0.25) is 14.7 Å². The van der Waals surface area contributed by atoms with Gasteiger partial charge in [0.15, 0.2) is 0 Å². The summed E-state index contributed by atoms with van der Waals surface area (Å²) in [4.78, 5) is 29.9. The molecule has 3 N–H and O–H groups in total. The highest BCUT2D eigenvalue weighted by Gasteiger charge is 2.49. The summed E-state index contributed by atoms with van der Waals surface area (Å²) in [6, 6.07) is 0. The van der Waals surface area contributed by atoms with E-state index in [1.165, 1.54) is 0 Å². The molecule has 8 nitrogen and oxygen atoms in total. The number of carbonyl (C=O) groups excluding carboxylic acids is 1. The predicted molar refractivity (Wildman–Crippen MR) is 91.1 cm³/mol. The topological polar surface area (TPSA) is 119 Å². The van der Waals surface area contributed by atoms with Crippen LogP contribution in [0.25, 0.3) is 0 Å². The molecule has 0 radical (unpaired) electrons. The van der Waals surface area contributed by atoms with Crippen LogP contribution in [0.2, 0.25) is 5.28 Å². The summed E-state index contributed by atoms with van der Waals surface area (Å²) in [6.07, 6.45) is 0.890. The number of piperidine rings is 1. The largest absolute Gasteiger partial charge is 0.481 e. The molecule has 1 fully saturated rings. The molecule has 1 amide bonds. The van der Waals surface area contributed by atoms with Gasteiger partial charge < -0.3 is 15.1 Å². The Morgan fingerprint density at radius 1 is 1.48 bits per heavy atom. The molecule has 1 aliphatic rings. The molecule has 140 valence electrons. The molecule has 0 saturated carbocycles. The van der Waals surface area contributed by atoms with E-state index in [0.29, 0.717) is 37.5 Å². The zero-order chi connectivity index (χ0) is 18.6. The summed E-state index contributed by atoms with van der Waals surface area (Å²) in [7, 11) is 0. The Bertz CT molecular complexity index is 621. The van der Waals surface area contributed by atoms with Gasteiger partial charge in [0.2, 0.25) is 11.2 Å². The molecule has 1 aromatic heterocycles. The van der Waals surface area contributed by atoms with Gasteiger partial charge >= 0.3 is 5.97 Å². The fourth-order valence-electron chi connectivity index (χ4n) is 3.17. The lowest BCUT2D eigenvalue weighted by atomic mass is 9.72. The van der Waals surface area contributed by atoms with Gasteiger partial charge in [-0.25, -0.2) is 4.98 Å². The van der Waals surface area contributed by atoms with Gasteiger partial charge in [-0.2, -0.15) is 0 Å². The van der Waals surface area contributed by atoms with Crippen LogP contribution in [0.3, 0.4) is 0 Å². The van der Waals surface area contributed by atoms with Gasteiger partial charge in [0.25, 0.3) is 0 Å². The third-order valence-electron chi connectivity index (χ3n) is 4.81. The predicted octanol–water partition coefficient (Wildman–Crippen LogP) is 1.49. The highest BCUT2D eigenvalue weighted by Crippen LogP contribution is 2.37. The maximum Gasteiger partial charge on any atom is 0.314 e. The number of halogens is 1. The Hall–Kier alpha value is -1.67. The first-order valence-corrected chi connectivity index (χ1v) is 8.88. The highest BCUT2D eigenvalue weighted by atomic mass is 35.5. The number of aliphatic hydroxyl groups excluding tert-OH is 1. The number of amides is 1. The molecule has 1 aliphatic heterocycles. The number of nitrogens with one attached hydrogen (secondary N) is 1. The van der Waals surface area contributed by atoms with Crippen LogP contribution in [0.4, 0.5) is 0 Å². The number of aromatic amines is 1. The number of aryl methyl sites for hydroxylation is 1. The monoisotopic (exact) mass is 372 g/mol. The fraction of sp³-hybridized carbons (Fsp3) is 0.750. The number of likely N-dealkylation sites (tertiary alicyclic amines) is 1. The minimum absolute atomic E-state index is 0.0339. The number of nitrogens with zero attached hydrogens (tertiary/aromatic N) is 3. The third-order valence-corrected chi connectivity index (χ3v) is 4.98. The lowest BCUT2D eigenvalue weighted by molar-refractivity contribution is -0.167. The quantitative estimate of drug-likeness (QED) is 0.667. The van der Waals surface area contributed by atoms with Crippen molar-refractivity contribution in [1.29, 1.82) is 0 Å². The molecule has 9 heteroatoms. The number of carboxylic acids is 1. The summed E-state index contributed by atoms with van der Waals surface area (Å²) in [5, 5.41) is 26.5. The number of hydrogen-bond acceptors (Lipinski definition) is 5. The van der Waals surface area contributed by atoms with E-state index in [2.05, 4.69) is 15.2 Å². The van der Waals surface area contributed by atoms with Crippen LogP contribution < -0.4 is 0 Å². The molecule has 1 aromatic rings. The van der Waals surface area contributed by atoms with E-state index in [-0.39, 0.29) is 30.6 Å². The van der Waals surface area contributed by atoms with Crippen LogP contribution in [-0.4, -0.2) is 61.4 Å². The Morgan fingerprint density at radius 2 is 2.20 bits per heavy atom. The van der Waals surface area contributed by atoms with Crippen LogP contribution in [0.5, 0.6) is 0 Å². The number of H-pyrrole nitrogens is 1. The average molecular weight is 373 g/mol. The molecule has 0 aromatic carbocycles. The van der Waals surface area contributed by atoms with Gasteiger partial charge in [-0.1, -0.05) is 13.8 Å². The lowest BCUT2D eigenvalue weighted by Crippen LogP contribution is -2.57. The molecule has 1 saturated heterocycles. The Kier molecular flexibility index (Phi) is 6.40. The Labute approximate surface area is 151 Å². The van der Waals surface area contributed by atoms with E-state index in [1.807, 2.05) is 13.8 Å². The normalized spacial score (nSPS) is 23.9. The summed E-state index contributed by atoms with van der Waals surface area (Å²) in [5.41, 5.74) is -1.30. The first-order chi connectivity index (χ1) is 11.7. The third kappa shape index (κ3) is 4.70. The SMILES string of the molecule is CC(C)CC[C@@]1(C(=O)O)CN(C(=O)CCc2nc(Cl)n[nH]2)CC[C@H]1O. The number of aliphatic carboxylic acids is 1. The van der Waals surface area contributed by atoms with E-state index in [4.69, 9.17) is 11.6 Å². The van der Waals surface area contributed by atoms with E-state index < -0.39 is 17.5 Å². The van der Waals surface area contributed by atoms with Crippen LogP contribution in [0.1, 0.15) is 45.4 Å². The molecule has 0 bridgehead atoms. The molecule has 25 heavy (non-hydrogen) atoms. The van der Waals surface area contributed by atoms with Crippen LogP contribution >= 0.6 is 11.6 Å². The molecule has 2 rings (SSSR count). The average Bonchev–Trinajstić information content (AvgIpc) is 2.97. The zero-order valence-corrected chi connectivity index (χ0v) is 15.3. The van der Waals surface area contributed by atoms with E-state index in [0.717, 1.165) is 0 Å².